The van der Waals surface area contributed by atoms with Crippen molar-refractivity contribution in [2.75, 3.05) is 54.1 Å². The number of esters is 1. The van der Waals surface area contributed by atoms with E-state index in [0.717, 1.165) is 32.1 Å². The maximum atomic E-state index is 12.6. The predicted molar refractivity (Wildman–Crippen MR) is 204 cm³/mol. The molecule has 2 atom stereocenters. The SMILES string of the molecule is CCCCCCCC/C=C\CCCCCCCCOCC(COP(=O)([O-])OCC[N+](C)(C)C)OC(=O)CCCCCCCCCCCCC. The van der Waals surface area contributed by atoms with Crippen LogP contribution in [0.2, 0.25) is 0 Å². The van der Waals surface area contributed by atoms with E-state index in [0.29, 0.717) is 24.1 Å². The van der Waals surface area contributed by atoms with E-state index in [4.69, 9.17) is 18.5 Å². The van der Waals surface area contributed by atoms with E-state index in [2.05, 4.69) is 26.0 Å². The summed E-state index contributed by atoms with van der Waals surface area (Å²) in [6.07, 6.45) is 35.0. The van der Waals surface area contributed by atoms with E-state index >= 15 is 0 Å². The molecule has 0 aliphatic carbocycles. The first-order valence-corrected chi connectivity index (χ1v) is 21.9. The number of quaternary nitrogens is 1. The normalized spacial score (nSPS) is 14.0. The Labute approximate surface area is 303 Å². The van der Waals surface area contributed by atoms with E-state index < -0.39 is 13.9 Å². The molecule has 0 fully saturated rings. The van der Waals surface area contributed by atoms with Gasteiger partial charge in [0.15, 0.2) is 0 Å². The molecule has 0 aromatic carbocycles. The van der Waals surface area contributed by atoms with Gasteiger partial charge in [-0.3, -0.25) is 9.36 Å². The van der Waals surface area contributed by atoms with Crippen LogP contribution in [-0.4, -0.2) is 70.7 Å². The number of phosphoric ester groups is 1. The molecule has 0 aromatic rings. The number of phosphoric acid groups is 1. The molecule has 0 aromatic heterocycles. The lowest BCUT2D eigenvalue weighted by atomic mass is 10.1. The number of likely N-dealkylation sites (N-methyl/N-ethyl adjacent to an activating group) is 1. The second-order valence-electron chi connectivity index (χ2n) is 15.0. The second kappa shape index (κ2) is 34.3. The lowest BCUT2D eigenvalue weighted by molar-refractivity contribution is -0.870. The van der Waals surface area contributed by atoms with Crippen LogP contribution in [0.25, 0.3) is 0 Å². The van der Waals surface area contributed by atoms with Crippen molar-refractivity contribution in [2.45, 2.75) is 187 Å². The zero-order valence-corrected chi connectivity index (χ0v) is 33.8. The smallest absolute Gasteiger partial charge is 0.306 e. The molecular formula is C40H80NO7P. The molecule has 8 nitrogen and oxygen atoms in total. The molecule has 0 saturated heterocycles. The Hall–Kier alpha value is -0.760. The number of carbonyl (C=O) groups is 1. The molecule has 0 aliphatic heterocycles. The molecular weight excluding hydrogens is 637 g/mol. The number of unbranched alkanes of at least 4 members (excludes halogenated alkanes) is 22. The van der Waals surface area contributed by atoms with Gasteiger partial charge in [0.1, 0.15) is 19.3 Å². The minimum Gasteiger partial charge on any atom is -0.756 e. The minimum absolute atomic E-state index is 0.0278. The average Bonchev–Trinajstić information content (AvgIpc) is 3.04. The van der Waals surface area contributed by atoms with E-state index in [1.165, 1.54) is 128 Å². The zero-order valence-electron chi connectivity index (χ0n) is 32.9. The highest BCUT2D eigenvalue weighted by molar-refractivity contribution is 7.45. The third kappa shape index (κ3) is 38.3. The number of carbonyl (C=O) groups excluding carboxylic acids is 1. The average molecular weight is 718 g/mol. The highest BCUT2D eigenvalue weighted by Gasteiger charge is 2.20. The molecule has 0 saturated carbocycles. The Kier molecular flexibility index (Phi) is 33.8. The van der Waals surface area contributed by atoms with Crippen LogP contribution in [0.1, 0.15) is 181 Å². The van der Waals surface area contributed by atoms with Crippen LogP contribution < -0.4 is 4.89 Å². The number of hydrogen-bond donors (Lipinski definition) is 0. The van der Waals surface area contributed by atoms with E-state index in [1.807, 2.05) is 21.1 Å². The second-order valence-corrected chi connectivity index (χ2v) is 16.4. The van der Waals surface area contributed by atoms with Crippen molar-refractivity contribution >= 4 is 13.8 Å². The van der Waals surface area contributed by atoms with Crippen LogP contribution in [-0.2, 0) is 27.9 Å². The third-order valence-corrected chi connectivity index (χ3v) is 9.78. The van der Waals surface area contributed by atoms with Crippen molar-refractivity contribution in [3.8, 4) is 0 Å². The maximum Gasteiger partial charge on any atom is 0.306 e. The Balaban J connectivity index is 4.24. The fourth-order valence-corrected chi connectivity index (χ4v) is 6.33. The number of allylic oxidation sites excluding steroid dienone is 2. The van der Waals surface area contributed by atoms with Crippen molar-refractivity contribution < 1.29 is 37.3 Å². The topological polar surface area (TPSA) is 94.1 Å². The molecule has 0 aliphatic rings. The van der Waals surface area contributed by atoms with Crippen LogP contribution in [0.5, 0.6) is 0 Å². The first-order valence-electron chi connectivity index (χ1n) is 20.4. The van der Waals surface area contributed by atoms with Crippen molar-refractivity contribution in [3.05, 3.63) is 12.2 Å². The molecule has 0 spiro atoms. The van der Waals surface area contributed by atoms with Gasteiger partial charge in [-0.15, -0.1) is 0 Å². The lowest BCUT2D eigenvalue weighted by Crippen LogP contribution is -2.37. The van der Waals surface area contributed by atoms with Gasteiger partial charge < -0.3 is 27.9 Å². The molecule has 0 N–H and O–H groups in total. The fourth-order valence-electron chi connectivity index (χ4n) is 5.60. The molecule has 0 radical (unpaired) electrons. The van der Waals surface area contributed by atoms with Gasteiger partial charge in [0.25, 0.3) is 7.82 Å². The van der Waals surface area contributed by atoms with Gasteiger partial charge in [-0.2, -0.15) is 0 Å². The largest absolute Gasteiger partial charge is 0.756 e. The number of hydrogen-bond acceptors (Lipinski definition) is 7. The first kappa shape index (κ1) is 48.2. The van der Waals surface area contributed by atoms with Gasteiger partial charge in [0.05, 0.1) is 34.4 Å². The molecule has 0 bridgehead atoms. The summed E-state index contributed by atoms with van der Waals surface area (Å²) in [5.74, 6) is -0.336. The molecule has 49 heavy (non-hydrogen) atoms. The highest BCUT2D eigenvalue weighted by atomic mass is 31.2. The summed E-state index contributed by atoms with van der Waals surface area (Å²) in [6, 6.07) is 0. The molecule has 2 unspecified atom stereocenters. The Bertz CT molecular complexity index is 802. The van der Waals surface area contributed by atoms with E-state index in [1.54, 1.807) is 0 Å². The summed E-state index contributed by atoms with van der Waals surface area (Å²) in [5.41, 5.74) is 0. The first-order chi connectivity index (χ1) is 23.6. The summed E-state index contributed by atoms with van der Waals surface area (Å²) >= 11 is 0. The molecule has 0 heterocycles. The molecule has 292 valence electrons. The van der Waals surface area contributed by atoms with Crippen molar-refractivity contribution in [2.24, 2.45) is 0 Å². The summed E-state index contributed by atoms with van der Waals surface area (Å²) in [5, 5.41) is 0. The van der Waals surface area contributed by atoms with E-state index in [-0.39, 0.29) is 25.8 Å². The van der Waals surface area contributed by atoms with Crippen LogP contribution in [0.3, 0.4) is 0 Å². The predicted octanol–water partition coefficient (Wildman–Crippen LogP) is 10.9. The summed E-state index contributed by atoms with van der Waals surface area (Å²) in [4.78, 5) is 24.9. The van der Waals surface area contributed by atoms with Crippen molar-refractivity contribution in [3.63, 3.8) is 0 Å². The number of nitrogens with zero attached hydrogens (tertiary/aromatic N) is 1. The number of ether oxygens (including phenoxy) is 2. The third-order valence-electron chi connectivity index (χ3n) is 8.82. The Morgan fingerprint density at radius 3 is 1.55 bits per heavy atom. The van der Waals surface area contributed by atoms with Gasteiger partial charge in [-0.1, -0.05) is 148 Å². The van der Waals surface area contributed by atoms with Gasteiger partial charge in [-0.25, -0.2) is 0 Å². The molecule has 9 heteroatoms. The van der Waals surface area contributed by atoms with Gasteiger partial charge >= 0.3 is 5.97 Å². The van der Waals surface area contributed by atoms with Gasteiger partial charge in [0.2, 0.25) is 0 Å². The highest BCUT2D eigenvalue weighted by Crippen LogP contribution is 2.38. The molecule has 0 rings (SSSR count). The fraction of sp³-hybridized carbons (Fsp3) is 0.925. The quantitative estimate of drug-likeness (QED) is 0.0206. The minimum atomic E-state index is -4.51. The summed E-state index contributed by atoms with van der Waals surface area (Å²) in [7, 11) is 1.36. The van der Waals surface area contributed by atoms with Crippen LogP contribution >= 0.6 is 7.82 Å². The van der Waals surface area contributed by atoms with Crippen molar-refractivity contribution in [1.29, 1.82) is 0 Å². The summed E-state index contributed by atoms with van der Waals surface area (Å²) < 4.78 is 34.5. The van der Waals surface area contributed by atoms with Gasteiger partial charge in [-0.05, 0) is 38.5 Å². The van der Waals surface area contributed by atoms with Gasteiger partial charge in [0, 0.05) is 13.0 Å². The molecule has 0 amide bonds. The number of rotatable bonds is 38. The van der Waals surface area contributed by atoms with E-state index in [9.17, 15) is 14.3 Å². The Morgan fingerprint density at radius 1 is 0.612 bits per heavy atom. The van der Waals surface area contributed by atoms with Crippen molar-refractivity contribution in [1.82, 2.24) is 0 Å². The van der Waals surface area contributed by atoms with Crippen LogP contribution in [0, 0.1) is 0 Å². The Morgan fingerprint density at radius 2 is 1.06 bits per heavy atom. The zero-order chi connectivity index (χ0) is 36.3. The van der Waals surface area contributed by atoms with Crippen LogP contribution in [0.4, 0.5) is 0 Å². The summed E-state index contributed by atoms with van der Waals surface area (Å²) in [6.45, 7) is 5.40. The maximum absolute atomic E-state index is 12.6. The monoisotopic (exact) mass is 718 g/mol. The standard InChI is InChI=1S/C40H80NO7P/c1-6-8-10-12-14-16-18-19-20-21-22-24-26-28-30-32-35-45-37-39(38-47-49(43,44)46-36-34-41(3,4)5)48-40(42)33-31-29-27-25-23-17-15-13-11-9-7-2/h19-20,39H,6-18,21-38H2,1-5H3/b20-19-. The lowest BCUT2D eigenvalue weighted by Gasteiger charge is -2.28. The van der Waals surface area contributed by atoms with Crippen LogP contribution in [0.15, 0.2) is 12.2 Å².